The van der Waals surface area contributed by atoms with Gasteiger partial charge in [0.2, 0.25) is 0 Å². The molecular formula is C39H57NO6. The van der Waals surface area contributed by atoms with Crippen molar-refractivity contribution in [1.82, 2.24) is 5.32 Å². The van der Waals surface area contributed by atoms with Crippen molar-refractivity contribution in [3.8, 4) is 0 Å². The summed E-state index contributed by atoms with van der Waals surface area (Å²) < 4.78 is 17.2. The van der Waals surface area contributed by atoms with Gasteiger partial charge in [0.05, 0.1) is 5.92 Å². The molecule has 0 aromatic heterocycles. The summed E-state index contributed by atoms with van der Waals surface area (Å²) >= 11 is 0. The molecule has 0 radical (unpaired) electrons. The van der Waals surface area contributed by atoms with Crippen LogP contribution in [0, 0.1) is 5.92 Å². The lowest BCUT2D eigenvalue weighted by atomic mass is 9.86. The minimum Gasteiger partial charge on any atom is -0.461 e. The first-order valence-corrected chi connectivity index (χ1v) is 17.9. The SMILES string of the molecule is CCCCCCCCCCC[C@@H](C[C@@H]1OC(=O)[C@H]1CCCCCC)OC(=O)[C@H](Cc1ccccc1)NC(=O)OCc1ccccc1. The first kappa shape index (κ1) is 37.1. The highest BCUT2D eigenvalue weighted by Gasteiger charge is 2.43. The van der Waals surface area contributed by atoms with Gasteiger partial charge in [-0.1, -0.05) is 152 Å². The first-order chi connectivity index (χ1) is 22.5. The molecule has 1 N–H and O–H groups in total. The van der Waals surface area contributed by atoms with E-state index in [0.717, 1.165) is 62.5 Å². The highest BCUT2D eigenvalue weighted by molar-refractivity contribution is 5.82. The maximum atomic E-state index is 13.7. The number of carbonyl (C=O) groups is 3. The highest BCUT2D eigenvalue weighted by atomic mass is 16.6. The molecule has 1 saturated heterocycles. The van der Waals surface area contributed by atoms with Crippen molar-refractivity contribution >= 4 is 18.0 Å². The van der Waals surface area contributed by atoms with Gasteiger partial charge in [0, 0.05) is 12.8 Å². The Morgan fingerprint density at radius 1 is 0.761 bits per heavy atom. The van der Waals surface area contributed by atoms with Crippen LogP contribution < -0.4 is 5.32 Å². The van der Waals surface area contributed by atoms with Crippen LogP contribution in [-0.4, -0.2) is 36.3 Å². The van der Waals surface area contributed by atoms with E-state index in [1.165, 1.54) is 38.5 Å². The zero-order valence-corrected chi connectivity index (χ0v) is 28.3. The molecule has 2 aromatic rings. The quantitative estimate of drug-likeness (QED) is 0.0702. The number of amides is 1. The van der Waals surface area contributed by atoms with Crippen LogP contribution in [0.3, 0.4) is 0 Å². The number of carbonyl (C=O) groups excluding carboxylic acids is 3. The number of hydrogen-bond donors (Lipinski definition) is 1. The normalized spacial score (nSPS) is 17.0. The van der Waals surface area contributed by atoms with Crippen LogP contribution >= 0.6 is 0 Å². The molecular weight excluding hydrogens is 578 g/mol. The minimum atomic E-state index is -0.912. The predicted molar refractivity (Wildman–Crippen MR) is 182 cm³/mol. The van der Waals surface area contributed by atoms with Crippen LogP contribution in [0.5, 0.6) is 0 Å². The number of esters is 2. The fraction of sp³-hybridized carbons (Fsp3) is 0.615. The zero-order chi connectivity index (χ0) is 32.8. The van der Waals surface area contributed by atoms with Gasteiger partial charge >= 0.3 is 18.0 Å². The van der Waals surface area contributed by atoms with Gasteiger partial charge in [-0.2, -0.15) is 0 Å². The molecule has 2 aromatic carbocycles. The van der Waals surface area contributed by atoms with Crippen molar-refractivity contribution in [3.63, 3.8) is 0 Å². The van der Waals surface area contributed by atoms with E-state index in [2.05, 4.69) is 19.2 Å². The molecule has 1 fully saturated rings. The number of hydrogen-bond acceptors (Lipinski definition) is 6. The number of cyclic esters (lactones) is 1. The van der Waals surface area contributed by atoms with Gasteiger partial charge in [-0.25, -0.2) is 9.59 Å². The zero-order valence-electron chi connectivity index (χ0n) is 28.3. The molecule has 1 aliphatic rings. The van der Waals surface area contributed by atoms with Gasteiger partial charge in [0.15, 0.2) is 0 Å². The molecule has 4 atom stereocenters. The Morgan fingerprint density at radius 3 is 1.93 bits per heavy atom. The fourth-order valence-corrected chi connectivity index (χ4v) is 6.07. The smallest absolute Gasteiger partial charge is 0.408 e. The van der Waals surface area contributed by atoms with Crippen molar-refractivity contribution in [3.05, 3.63) is 71.8 Å². The third-order valence-electron chi connectivity index (χ3n) is 8.87. The lowest BCUT2D eigenvalue weighted by molar-refractivity contribution is -0.190. The molecule has 0 unspecified atom stereocenters. The van der Waals surface area contributed by atoms with Gasteiger partial charge in [-0.3, -0.25) is 4.79 Å². The Bertz CT molecular complexity index is 1120. The van der Waals surface area contributed by atoms with Gasteiger partial charge in [0.25, 0.3) is 0 Å². The van der Waals surface area contributed by atoms with Crippen molar-refractivity contribution in [1.29, 1.82) is 0 Å². The molecule has 7 nitrogen and oxygen atoms in total. The second-order valence-corrected chi connectivity index (χ2v) is 12.8. The summed E-state index contributed by atoms with van der Waals surface area (Å²) in [5.41, 5.74) is 1.77. The molecule has 1 amide bonds. The summed E-state index contributed by atoms with van der Waals surface area (Å²) in [5.74, 6) is -0.765. The molecule has 46 heavy (non-hydrogen) atoms. The van der Waals surface area contributed by atoms with E-state index in [0.29, 0.717) is 12.8 Å². The van der Waals surface area contributed by atoms with Gasteiger partial charge in [-0.05, 0) is 30.4 Å². The van der Waals surface area contributed by atoms with Crippen LogP contribution in [0.4, 0.5) is 4.79 Å². The summed E-state index contributed by atoms with van der Waals surface area (Å²) in [4.78, 5) is 38.9. The molecule has 0 saturated carbocycles. The molecule has 1 heterocycles. The predicted octanol–water partition coefficient (Wildman–Crippen LogP) is 9.26. The second kappa shape index (κ2) is 22.2. The lowest BCUT2D eigenvalue weighted by Gasteiger charge is -2.37. The van der Waals surface area contributed by atoms with Crippen molar-refractivity contribution < 1.29 is 28.6 Å². The van der Waals surface area contributed by atoms with Crippen LogP contribution in [0.25, 0.3) is 0 Å². The molecule has 0 spiro atoms. The van der Waals surface area contributed by atoms with Gasteiger partial charge < -0.3 is 19.5 Å². The van der Waals surface area contributed by atoms with Crippen LogP contribution in [0.1, 0.15) is 128 Å². The third-order valence-corrected chi connectivity index (χ3v) is 8.87. The maximum Gasteiger partial charge on any atom is 0.408 e. The average Bonchev–Trinajstić information content (AvgIpc) is 3.06. The Kier molecular flexibility index (Phi) is 17.9. The Morgan fingerprint density at radius 2 is 1.33 bits per heavy atom. The van der Waals surface area contributed by atoms with Crippen LogP contribution in [0.2, 0.25) is 0 Å². The van der Waals surface area contributed by atoms with E-state index >= 15 is 0 Å². The Balaban J connectivity index is 1.61. The number of rotatable bonds is 24. The number of ether oxygens (including phenoxy) is 3. The Labute approximate surface area is 277 Å². The number of nitrogens with one attached hydrogen (secondary N) is 1. The van der Waals surface area contributed by atoms with E-state index in [1.54, 1.807) is 0 Å². The van der Waals surface area contributed by atoms with Crippen LogP contribution in [-0.2, 0) is 36.8 Å². The Hall–Kier alpha value is -3.35. The van der Waals surface area contributed by atoms with E-state index in [1.807, 2.05) is 60.7 Å². The number of unbranched alkanes of at least 4 members (excludes halogenated alkanes) is 11. The molecule has 3 rings (SSSR count). The van der Waals surface area contributed by atoms with Gasteiger partial charge in [0.1, 0.15) is 24.9 Å². The molecule has 1 aliphatic heterocycles. The third kappa shape index (κ3) is 14.4. The number of alkyl carbamates (subject to hydrolysis) is 1. The largest absolute Gasteiger partial charge is 0.461 e. The lowest BCUT2D eigenvalue weighted by Crippen LogP contribution is -2.48. The minimum absolute atomic E-state index is 0.105. The van der Waals surface area contributed by atoms with Crippen molar-refractivity contribution in [2.24, 2.45) is 5.92 Å². The summed E-state index contributed by atoms with van der Waals surface area (Å²) in [6.45, 7) is 4.52. The van der Waals surface area contributed by atoms with Crippen molar-refractivity contribution in [2.75, 3.05) is 0 Å². The van der Waals surface area contributed by atoms with Crippen molar-refractivity contribution in [2.45, 2.75) is 148 Å². The summed E-state index contributed by atoms with van der Waals surface area (Å²) in [5, 5.41) is 2.76. The fourth-order valence-electron chi connectivity index (χ4n) is 6.07. The first-order valence-electron chi connectivity index (χ1n) is 17.9. The summed E-state index contributed by atoms with van der Waals surface area (Å²) in [6.07, 6.45) is 16.2. The number of benzene rings is 2. The van der Waals surface area contributed by atoms with E-state index in [-0.39, 0.29) is 31.0 Å². The average molecular weight is 636 g/mol. The van der Waals surface area contributed by atoms with Gasteiger partial charge in [-0.15, -0.1) is 0 Å². The summed E-state index contributed by atoms with van der Waals surface area (Å²) in [7, 11) is 0. The van der Waals surface area contributed by atoms with E-state index in [4.69, 9.17) is 14.2 Å². The molecule has 254 valence electrons. The standard InChI is InChI=1S/C39H57NO6/c1-3-5-7-9-10-11-12-13-20-26-33(29-36-34(37(41)46-36)27-21-8-6-4-2)45-38(42)35(28-31-22-16-14-17-23-31)40-39(43)44-30-32-24-18-15-19-25-32/h14-19,22-25,33-36H,3-13,20-21,26-30H2,1-2H3,(H,40,43)/t33-,34-,35-,36-/m0/s1. The second-order valence-electron chi connectivity index (χ2n) is 12.8. The van der Waals surface area contributed by atoms with Crippen LogP contribution in [0.15, 0.2) is 60.7 Å². The molecule has 7 heteroatoms. The topological polar surface area (TPSA) is 90.9 Å². The molecule has 0 aliphatic carbocycles. The van der Waals surface area contributed by atoms with E-state index in [9.17, 15) is 14.4 Å². The van der Waals surface area contributed by atoms with E-state index < -0.39 is 24.2 Å². The molecule has 0 bridgehead atoms. The maximum absolute atomic E-state index is 13.7. The highest BCUT2D eigenvalue weighted by Crippen LogP contribution is 2.33. The summed E-state index contributed by atoms with van der Waals surface area (Å²) in [6, 6.07) is 18.1. The monoisotopic (exact) mass is 635 g/mol.